The second-order valence-electron chi connectivity index (χ2n) is 2.90. The summed E-state index contributed by atoms with van der Waals surface area (Å²) in [7, 11) is 0. The molecule has 1 unspecified atom stereocenters. The zero-order chi connectivity index (χ0) is 6.97. The molecule has 0 amide bonds. The molecule has 1 saturated heterocycles. The summed E-state index contributed by atoms with van der Waals surface area (Å²) in [5.41, 5.74) is 4.17. The molecule has 0 aromatic rings. The van der Waals surface area contributed by atoms with E-state index in [4.69, 9.17) is 4.84 Å². The lowest BCUT2D eigenvalue weighted by Crippen LogP contribution is -2.02. The van der Waals surface area contributed by atoms with Crippen molar-refractivity contribution >= 4 is 0 Å². The van der Waals surface area contributed by atoms with Crippen LogP contribution in [-0.4, -0.2) is 6.54 Å². The fourth-order valence-corrected chi connectivity index (χ4v) is 1.31. The van der Waals surface area contributed by atoms with Gasteiger partial charge in [0.05, 0.1) is 6.54 Å². The SMILES string of the molecule is CC1C=C2ONCC2=CC1. The van der Waals surface area contributed by atoms with Crippen molar-refractivity contribution in [3.05, 3.63) is 23.5 Å². The highest BCUT2D eigenvalue weighted by molar-refractivity contribution is 5.33. The lowest BCUT2D eigenvalue weighted by Gasteiger charge is -2.09. The van der Waals surface area contributed by atoms with Crippen LogP contribution in [0.1, 0.15) is 13.3 Å². The Morgan fingerprint density at radius 3 is 3.50 bits per heavy atom. The van der Waals surface area contributed by atoms with Gasteiger partial charge in [0.25, 0.3) is 0 Å². The van der Waals surface area contributed by atoms with Crippen LogP contribution >= 0.6 is 0 Å². The molecule has 0 spiro atoms. The highest BCUT2D eigenvalue weighted by Crippen LogP contribution is 2.25. The van der Waals surface area contributed by atoms with Gasteiger partial charge in [-0.1, -0.05) is 13.0 Å². The predicted octanol–water partition coefficient (Wildman–Crippen LogP) is 1.37. The second-order valence-corrected chi connectivity index (χ2v) is 2.90. The summed E-state index contributed by atoms with van der Waals surface area (Å²) in [4.78, 5) is 5.17. The van der Waals surface area contributed by atoms with Crippen molar-refractivity contribution < 1.29 is 4.84 Å². The molecule has 1 aliphatic heterocycles. The van der Waals surface area contributed by atoms with Crippen LogP contribution in [-0.2, 0) is 4.84 Å². The molecular weight excluding hydrogens is 126 g/mol. The van der Waals surface area contributed by atoms with E-state index in [1.54, 1.807) is 0 Å². The molecule has 0 bridgehead atoms. The monoisotopic (exact) mass is 137 g/mol. The van der Waals surface area contributed by atoms with Gasteiger partial charge in [-0.15, -0.1) is 0 Å². The van der Waals surface area contributed by atoms with Crippen LogP contribution in [0.3, 0.4) is 0 Å². The fourth-order valence-electron chi connectivity index (χ4n) is 1.31. The van der Waals surface area contributed by atoms with E-state index in [1.165, 1.54) is 5.57 Å². The first kappa shape index (κ1) is 5.98. The van der Waals surface area contributed by atoms with Gasteiger partial charge in [-0.2, -0.15) is 5.48 Å². The molecule has 10 heavy (non-hydrogen) atoms. The summed E-state index contributed by atoms with van der Waals surface area (Å²) in [6.45, 7) is 3.07. The molecule has 1 fully saturated rings. The third kappa shape index (κ3) is 0.847. The molecule has 0 radical (unpaired) electrons. The van der Waals surface area contributed by atoms with E-state index in [2.05, 4.69) is 24.6 Å². The van der Waals surface area contributed by atoms with E-state index in [1.807, 2.05) is 0 Å². The van der Waals surface area contributed by atoms with Gasteiger partial charge in [0.2, 0.25) is 0 Å². The van der Waals surface area contributed by atoms with E-state index >= 15 is 0 Å². The Bertz CT molecular complexity index is 205. The van der Waals surface area contributed by atoms with Gasteiger partial charge >= 0.3 is 0 Å². The van der Waals surface area contributed by atoms with E-state index in [9.17, 15) is 0 Å². The Balaban J connectivity index is 2.27. The van der Waals surface area contributed by atoms with Crippen molar-refractivity contribution in [3.8, 4) is 0 Å². The minimum atomic E-state index is 0.638. The van der Waals surface area contributed by atoms with Crippen molar-refractivity contribution in [3.63, 3.8) is 0 Å². The van der Waals surface area contributed by atoms with E-state index in [-0.39, 0.29) is 0 Å². The zero-order valence-corrected chi connectivity index (χ0v) is 6.05. The number of nitrogens with one attached hydrogen (secondary N) is 1. The van der Waals surface area contributed by atoms with Crippen molar-refractivity contribution in [1.82, 2.24) is 5.48 Å². The Labute approximate surface area is 60.5 Å². The third-order valence-corrected chi connectivity index (χ3v) is 1.93. The topological polar surface area (TPSA) is 21.3 Å². The molecule has 1 aliphatic carbocycles. The van der Waals surface area contributed by atoms with Gasteiger partial charge in [-0.05, 0) is 18.4 Å². The van der Waals surface area contributed by atoms with Crippen LogP contribution in [0.15, 0.2) is 23.5 Å². The predicted molar refractivity (Wildman–Crippen MR) is 39.0 cm³/mol. The van der Waals surface area contributed by atoms with Crippen LogP contribution in [0.25, 0.3) is 0 Å². The molecule has 1 heterocycles. The Hall–Kier alpha value is -0.760. The summed E-state index contributed by atoms with van der Waals surface area (Å²) < 4.78 is 0. The number of allylic oxidation sites excluding steroid dienone is 2. The quantitative estimate of drug-likeness (QED) is 0.544. The molecule has 2 heteroatoms. The van der Waals surface area contributed by atoms with Crippen molar-refractivity contribution in [2.45, 2.75) is 13.3 Å². The summed E-state index contributed by atoms with van der Waals surface area (Å²) in [6, 6.07) is 0. The molecule has 2 rings (SSSR count). The summed E-state index contributed by atoms with van der Waals surface area (Å²) in [5, 5.41) is 0. The van der Waals surface area contributed by atoms with Crippen molar-refractivity contribution in [1.29, 1.82) is 0 Å². The van der Waals surface area contributed by atoms with Crippen LogP contribution in [0.4, 0.5) is 0 Å². The summed E-state index contributed by atoms with van der Waals surface area (Å²) in [6.07, 6.45) is 5.58. The van der Waals surface area contributed by atoms with Crippen LogP contribution in [0.2, 0.25) is 0 Å². The lowest BCUT2D eigenvalue weighted by molar-refractivity contribution is 0.155. The van der Waals surface area contributed by atoms with Crippen LogP contribution in [0, 0.1) is 5.92 Å². The van der Waals surface area contributed by atoms with Crippen LogP contribution in [0.5, 0.6) is 0 Å². The maximum Gasteiger partial charge on any atom is 0.147 e. The first-order valence-corrected chi connectivity index (χ1v) is 3.67. The molecule has 0 saturated carbocycles. The largest absolute Gasteiger partial charge is 0.408 e. The van der Waals surface area contributed by atoms with Crippen molar-refractivity contribution in [2.75, 3.05) is 6.54 Å². The minimum Gasteiger partial charge on any atom is -0.408 e. The van der Waals surface area contributed by atoms with Gasteiger partial charge in [0.1, 0.15) is 5.76 Å². The highest BCUT2D eigenvalue weighted by Gasteiger charge is 2.18. The molecule has 0 aromatic carbocycles. The van der Waals surface area contributed by atoms with Crippen molar-refractivity contribution in [2.24, 2.45) is 5.92 Å². The summed E-state index contributed by atoms with van der Waals surface area (Å²) >= 11 is 0. The van der Waals surface area contributed by atoms with Gasteiger partial charge in [0.15, 0.2) is 0 Å². The zero-order valence-electron chi connectivity index (χ0n) is 6.05. The standard InChI is InChI=1S/C8H11NO/c1-6-2-3-7-5-9-10-8(7)4-6/h3-4,6,9H,2,5H2,1H3. The summed E-state index contributed by atoms with van der Waals surface area (Å²) in [5.74, 6) is 1.68. The normalized spacial score (nSPS) is 30.3. The smallest absolute Gasteiger partial charge is 0.147 e. The Morgan fingerprint density at radius 2 is 2.60 bits per heavy atom. The molecule has 1 N–H and O–H groups in total. The van der Waals surface area contributed by atoms with E-state index in [0.29, 0.717) is 5.92 Å². The van der Waals surface area contributed by atoms with Gasteiger partial charge in [0, 0.05) is 5.57 Å². The van der Waals surface area contributed by atoms with E-state index < -0.39 is 0 Å². The van der Waals surface area contributed by atoms with Crippen LogP contribution < -0.4 is 5.48 Å². The minimum absolute atomic E-state index is 0.638. The molecule has 2 nitrogen and oxygen atoms in total. The Morgan fingerprint density at radius 1 is 1.70 bits per heavy atom. The number of rotatable bonds is 0. The number of hydrogen-bond acceptors (Lipinski definition) is 2. The first-order chi connectivity index (χ1) is 4.86. The van der Waals surface area contributed by atoms with Gasteiger partial charge < -0.3 is 4.84 Å². The molecule has 0 aromatic heterocycles. The van der Waals surface area contributed by atoms with Gasteiger partial charge in [-0.25, -0.2) is 0 Å². The molecule has 2 aliphatic rings. The van der Waals surface area contributed by atoms with E-state index in [0.717, 1.165) is 18.7 Å². The Kier molecular flexibility index (Phi) is 1.27. The average molecular weight is 137 g/mol. The third-order valence-electron chi connectivity index (χ3n) is 1.93. The maximum atomic E-state index is 5.17. The average Bonchev–Trinajstić information content (AvgIpc) is 2.33. The molecule has 54 valence electrons. The number of fused-ring (bicyclic) bond motifs is 1. The maximum absolute atomic E-state index is 5.17. The number of hydroxylamine groups is 1. The fraction of sp³-hybridized carbons (Fsp3) is 0.500. The molecular formula is C8H11NO. The highest BCUT2D eigenvalue weighted by atomic mass is 16.7. The first-order valence-electron chi connectivity index (χ1n) is 3.67. The van der Waals surface area contributed by atoms with Gasteiger partial charge in [-0.3, -0.25) is 0 Å². The lowest BCUT2D eigenvalue weighted by atomic mass is 9.97. The second kappa shape index (κ2) is 2.13. The molecule has 1 atom stereocenters. The number of hydrogen-bond donors (Lipinski definition) is 1.